The molecule has 0 N–H and O–H groups in total. The summed E-state index contributed by atoms with van der Waals surface area (Å²) in [6.45, 7) is 1.64. The molecule has 4 heteroatoms. The highest BCUT2D eigenvalue weighted by Gasteiger charge is 2.18. The Morgan fingerprint density at radius 3 is 2.76 bits per heavy atom. The summed E-state index contributed by atoms with van der Waals surface area (Å²) in [6.07, 6.45) is 0.0849. The van der Waals surface area contributed by atoms with Gasteiger partial charge in [-0.2, -0.15) is 5.26 Å². The van der Waals surface area contributed by atoms with E-state index < -0.39 is 11.9 Å². The number of esters is 1. The predicted molar refractivity (Wildman–Crippen MR) is 61.3 cm³/mol. The maximum Gasteiger partial charge on any atom is 0.308 e. The molecule has 0 saturated carbocycles. The van der Waals surface area contributed by atoms with Crippen molar-refractivity contribution in [3.05, 3.63) is 35.4 Å². The number of methoxy groups -OCH3 is 1. The lowest BCUT2D eigenvalue weighted by Gasteiger charge is -2.08. The molecule has 0 radical (unpaired) electrons. The minimum Gasteiger partial charge on any atom is -0.469 e. The fourth-order valence-corrected chi connectivity index (χ4v) is 1.44. The van der Waals surface area contributed by atoms with Gasteiger partial charge in [-0.1, -0.05) is 19.1 Å². The maximum absolute atomic E-state index is 11.8. The third-order valence-corrected chi connectivity index (χ3v) is 2.41. The third kappa shape index (κ3) is 3.42. The van der Waals surface area contributed by atoms with E-state index >= 15 is 0 Å². The van der Waals surface area contributed by atoms with Gasteiger partial charge in [-0.05, 0) is 12.1 Å². The number of benzene rings is 1. The van der Waals surface area contributed by atoms with E-state index in [-0.39, 0.29) is 12.2 Å². The molecule has 1 atom stereocenters. The molecule has 0 heterocycles. The molecule has 0 aliphatic rings. The summed E-state index contributed by atoms with van der Waals surface area (Å²) in [5.74, 6) is -1.05. The molecule has 1 unspecified atom stereocenters. The van der Waals surface area contributed by atoms with Crippen LogP contribution < -0.4 is 0 Å². The van der Waals surface area contributed by atoms with Crippen LogP contribution in [0, 0.1) is 17.2 Å². The van der Waals surface area contributed by atoms with Crippen LogP contribution in [0.15, 0.2) is 24.3 Å². The molecule has 0 fully saturated rings. The largest absolute Gasteiger partial charge is 0.469 e. The van der Waals surface area contributed by atoms with Crippen molar-refractivity contribution >= 4 is 11.8 Å². The minimum atomic E-state index is -0.474. The molecule has 4 nitrogen and oxygen atoms in total. The highest BCUT2D eigenvalue weighted by Crippen LogP contribution is 2.12. The molecule has 1 rings (SSSR count). The van der Waals surface area contributed by atoms with Crippen molar-refractivity contribution in [3.63, 3.8) is 0 Å². The Labute approximate surface area is 99.8 Å². The second-order valence-electron chi connectivity index (χ2n) is 3.74. The van der Waals surface area contributed by atoms with E-state index in [1.807, 2.05) is 6.07 Å². The zero-order chi connectivity index (χ0) is 12.8. The van der Waals surface area contributed by atoms with Crippen molar-refractivity contribution in [1.82, 2.24) is 0 Å². The predicted octanol–water partition coefficient (Wildman–Crippen LogP) is 1.94. The Kier molecular flexibility index (Phi) is 4.41. The normalized spacial score (nSPS) is 11.4. The number of ether oxygens (including phenoxy) is 1. The molecule has 1 aromatic rings. The van der Waals surface area contributed by atoms with E-state index in [1.165, 1.54) is 13.2 Å². The molecule has 0 amide bonds. The number of nitrogens with zero attached hydrogens (tertiary/aromatic N) is 1. The number of rotatable bonds is 4. The standard InChI is InChI=1S/C13H13NO3/c1-9(13(16)17-2)6-12(15)11-5-3-4-10(7-11)8-14/h3-5,7,9H,6H2,1-2H3. The maximum atomic E-state index is 11.8. The molecule has 0 aromatic heterocycles. The van der Waals surface area contributed by atoms with Crippen molar-refractivity contribution in [1.29, 1.82) is 5.26 Å². The first kappa shape index (κ1) is 12.9. The second kappa shape index (κ2) is 5.80. The Bertz CT molecular complexity index is 474. The van der Waals surface area contributed by atoms with Crippen LogP contribution in [0.25, 0.3) is 0 Å². The van der Waals surface area contributed by atoms with Gasteiger partial charge in [0.1, 0.15) is 0 Å². The van der Waals surface area contributed by atoms with Crippen LogP contribution in [-0.2, 0) is 9.53 Å². The summed E-state index contributed by atoms with van der Waals surface area (Å²) >= 11 is 0. The van der Waals surface area contributed by atoms with Gasteiger partial charge in [-0.25, -0.2) is 0 Å². The molecular weight excluding hydrogens is 218 g/mol. The van der Waals surface area contributed by atoms with E-state index in [9.17, 15) is 9.59 Å². The quantitative estimate of drug-likeness (QED) is 0.586. The lowest BCUT2D eigenvalue weighted by molar-refractivity contribution is -0.144. The lowest BCUT2D eigenvalue weighted by Crippen LogP contribution is -2.16. The van der Waals surface area contributed by atoms with Crippen molar-refractivity contribution < 1.29 is 14.3 Å². The van der Waals surface area contributed by atoms with Gasteiger partial charge in [0.15, 0.2) is 5.78 Å². The lowest BCUT2D eigenvalue weighted by atomic mass is 9.99. The zero-order valence-corrected chi connectivity index (χ0v) is 9.77. The molecule has 17 heavy (non-hydrogen) atoms. The molecule has 0 saturated heterocycles. The number of Topliss-reactive ketones (excluding diaryl/α,β-unsaturated/α-hetero) is 1. The zero-order valence-electron chi connectivity index (χ0n) is 9.77. The topological polar surface area (TPSA) is 67.2 Å². The van der Waals surface area contributed by atoms with Crippen molar-refractivity contribution in [2.24, 2.45) is 5.92 Å². The average molecular weight is 231 g/mol. The summed E-state index contributed by atoms with van der Waals surface area (Å²) in [6, 6.07) is 8.39. The van der Waals surface area contributed by atoms with Gasteiger partial charge in [-0.3, -0.25) is 9.59 Å². The minimum absolute atomic E-state index is 0.0849. The van der Waals surface area contributed by atoms with Gasteiger partial charge in [0.25, 0.3) is 0 Å². The van der Waals surface area contributed by atoms with Crippen molar-refractivity contribution in [2.45, 2.75) is 13.3 Å². The van der Waals surface area contributed by atoms with Crippen LogP contribution in [-0.4, -0.2) is 18.9 Å². The monoisotopic (exact) mass is 231 g/mol. The van der Waals surface area contributed by atoms with E-state index in [0.717, 1.165) is 0 Å². The SMILES string of the molecule is COC(=O)C(C)CC(=O)c1cccc(C#N)c1. The highest BCUT2D eigenvalue weighted by molar-refractivity contribution is 5.98. The summed E-state index contributed by atoms with van der Waals surface area (Å²) in [4.78, 5) is 23.0. The van der Waals surface area contributed by atoms with E-state index in [0.29, 0.717) is 11.1 Å². The first-order valence-electron chi connectivity index (χ1n) is 5.19. The summed E-state index contributed by atoms with van der Waals surface area (Å²) < 4.78 is 4.55. The molecule has 0 aliphatic carbocycles. The number of hydrogen-bond donors (Lipinski definition) is 0. The molecular formula is C13H13NO3. The van der Waals surface area contributed by atoms with Gasteiger partial charge in [-0.15, -0.1) is 0 Å². The summed E-state index contributed by atoms with van der Waals surface area (Å²) in [5, 5.41) is 8.72. The molecule has 1 aromatic carbocycles. The second-order valence-corrected chi connectivity index (χ2v) is 3.74. The van der Waals surface area contributed by atoms with Crippen LogP contribution >= 0.6 is 0 Å². The Morgan fingerprint density at radius 1 is 1.47 bits per heavy atom. The number of ketones is 1. The smallest absolute Gasteiger partial charge is 0.308 e. The van der Waals surface area contributed by atoms with Gasteiger partial charge in [0.2, 0.25) is 0 Å². The molecule has 88 valence electrons. The Hall–Kier alpha value is -2.15. The van der Waals surface area contributed by atoms with Gasteiger partial charge >= 0.3 is 5.97 Å². The highest BCUT2D eigenvalue weighted by atomic mass is 16.5. The number of hydrogen-bond acceptors (Lipinski definition) is 4. The molecule has 0 bridgehead atoms. The van der Waals surface area contributed by atoms with Crippen LogP contribution in [0.3, 0.4) is 0 Å². The van der Waals surface area contributed by atoms with Crippen LogP contribution in [0.2, 0.25) is 0 Å². The number of nitriles is 1. The molecule has 0 spiro atoms. The first-order chi connectivity index (χ1) is 8.08. The van der Waals surface area contributed by atoms with Crippen LogP contribution in [0.1, 0.15) is 29.3 Å². The average Bonchev–Trinajstić information content (AvgIpc) is 2.37. The van der Waals surface area contributed by atoms with Crippen molar-refractivity contribution in [3.8, 4) is 6.07 Å². The van der Waals surface area contributed by atoms with Crippen LogP contribution in [0.4, 0.5) is 0 Å². The number of carbonyl (C=O) groups excluding carboxylic acids is 2. The third-order valence-electron chi connectivity index (χ3n) is 2.41. The first-order valence-corrected chi connectivity index (χ1v) is 5.19. The summed E-state index contributed by atoms with van der Waals surface area (Å²) in [7, 11) is 1.29. The van der Waals surface area contributed by atoms with Crippen molar-refractivity contribution in [2.75, 3.05) is 7.11 Å². The fraction of sp³-hybridized carbons (Fsp3) is 0.308. The summed E-state index contributed by atoms with van der Waals surface area (Å²) in [5.41, 5.74) is 0.876. The number of carbonyl (C=O) groups is 2. The van der Waals surface area contributed by atoms with E-state index in [4.69, 9.17) is 5.26 Å². The fourth-order valence-electron chi connectivity index (χ4n) is 1.44. The van der Waals surface area contributed by atoms with E-state index in [2.05, 4.69) is 4.74 Å². The van der Waals surface area contributed by atoms with E-state index in [1.54, 1.807) is 25.1 Å². The Morgan fingerprint density at radius 2 is 2.18 bits per heavy atom. The molecule has 0 aliphatic heterocycles. The van der Waals surface area contributed by atoms with Gasteiger partial charge in [0, 0.05) is 12.0 Å². The van der Waals surface area contributed by atoms with Gasteiger partial charge < -0.3 is 4.74 Å². The van der Waals surface area contributed by atoms with Gasteiger partial charge in [0.05, 0.1) is 24.7 Å². The Balaban J connectivity index is 2.77. The van der Waals surface area contributed by atoms with Crippen LogP contribution in [0.5, 0.6) is 0 Å².